The Hall–Kier alpha value is -1.30. The second-order valence-corrected chi connectivity index (χ2v) is 5.59. The highest BCUT2D eigenvalue weighted by Gasteiger charge is 2.13. The average Bonchev–Trinajstić information content (AvgIpc) is 2.43. The van der Waals surface area contributed by atoms with E-state index in [0.29, 0.717) is 0 Å². The molecule has 0 fully saturated rings. The van der Waals surface area contributed by atoms with E-state index in [-0.39, 0.29) is 0 Å². The molecule has 0 radical (unpaired) electrons. The molecule has 2 rings (SSSR count). The van der Waals surface area contributed by atoms with Gasteiger partial charge in [0.05, 0.1) is 0 Å². The van der Waals surface area contributed by atoms with Crippen molar-refractivity contribution in [1.82, 2.24) is 0 Å². The van der Waals surface area contributed by atoms with Gasteiger partial charge >= 0.3 is 0 Å². The van der Waals surface area contributed by atoms with Crippen LogP contribution >= 0.6 is 0 Å². The summed E-state index contributed by atoms with van der Waals surface area (Å²) in [6.45, 7) is 6.89. The van der Waals surface area contributed by atoms with Gasteiger partial charge in [0.15, 0.2) is 0 Å². The summed E-state index contributed by atoms with van der Waals surface area (Å²) in [5.74, 6) is 0.726. The van der Waals surface area contributed by atoms with Gasteiger partial charge in [0.1, 0.15) is 0 Å². The lowest BCUT2D eigenvalue weighted by atomic mass is 9.86. The number of allylic oxidation sites excluding steroid dienone is 4. The summed E-state index contributed by atoms with van der Waals surface area (Å²) in [4.78, 5) is 0. The molecule has 0 saturated heterocycles. The molecule has 0 bridgehead atoms. The minimum absolute atomic E-state index is 0.726. The van der Waals surface area contributed by atoms with Gasteiger partial charge in [-0.15, -0.1) is 0 Å². The Morgan fingerprint density at radius 1 is 1.11 bits per heavy atom. The third-order valence-electron chi connectivity index (χ3n) is 4.26. The molecule has 0 heteroatoms. The van der Waals surface area contributed by atoms with Gasteiger partial charge in [-0.2, -0.15) is 0 Å². The Kier molecular flexibility index (Phi) is 5.01. The van der Waals surface area contributed by atoms with E-state index >= 15 is 0 Å². The smallest absolute Gasteiger partial charge is 0.00918 e. The van der Waals surface area contributed by atoms with E-state index in [1.165, 1.54) is 30.4 Å². The van der Waals surface area contributed by atoms with Crippen molar-refractivity contribution < 1.29 is 0 Å². The van der Waals surface area contributed by atoms with Gasteiger partial charge in [-0.3, -0.25) is 0 Å². The molecule has 1 aliphatic carbocycles. The molecule has 0 nitrogen and oxygen atoms in total. The number of rotatable bonds is 3. The molecule has 0 N–H and O–H groups in total. The molecule has 0 heterocycles. The number of hydrogen-bond acceptors (Lipinski definition) is 0. The van der Waals surface area contributed by atoms with E-state index in [9.17, 15) is 0 Å². The lowest BCUT2D eigenvalue weighted by molar-refractivity contribution is 0.632. The van der Waals surface area contributed by atoms with Crippen LogP contribution in [0.3, 0.4) is 0 Å². The lowest BCUT2D eigenvalue weighted by Gasteiger charge is -2.20. The zero-order valence-electron chi connectivity index (χ0n) is 12.6. The van der Waals surface area contributed by atoms with E-state index in [2.05, 4.69) is 57.2 Å². The summed E-state index contributed by atoms with van der Waals surface area (Å²) in [5, 5.41) is 0. The van der Waals surface area contributed by atoms with Crippen molar-refractivity contribution >= 4 is 5.57 Å². The van der Waals surface area contributed by atoms with E-state index in [1.54, 1.807) is 11.1 Å². The summed E-state index contributed by atoms with van der Waals surface area (Å²) >= 11 is 0. The summed E-state index contributed by atoms with van der Waals surface area (Å²) in [6, 6.07) is 8.93. The largest absolute Gasteiger partial charge is 0.0854 e. The first-order valence-electron chi connectivity index (χ1n) is 7.72. The first-order chi connectivity index (χ1) is 9.26. The van der Waals surface area contributed by atoms with E-state index in [1.807, 2.05) is 0 Å². The molecule has 0 spiro atoms. The van der Waals surface area contributed by atoms with Crippen LogP contribution in [0.15, 0.2) is 42.0 Å². The fourth-order valence-electron chi connectivity index (χ4n) is 3.03. The van der Waals surface area contributed by atoms with Crippen LogP contribution in [0.5, 0.6) is 0 Å². The molecule has 1 aliphatic rings. The standard InChI is InChI=1S/C19H26/c1-4-16-10-6-7-11-18(16)19-12-8-9-15(3)13-14-17(19)5-2/h6-11,15H,4-5,12-14H2,1-3H3. The predicted molar refractivity (Wildman–Crippen MR) is 85.2 cm³/mol. The van der Waals surface area contributed by atoms with Crippen molar-refractivity contribution in [3.63, 3.8) is 0 Å². The predicted octanol–water partition coefficient (Wildman–Crippen LogP) is 5.79. The number of aryl methyl sites for hydroxylation is 1. The van der Waals surface area contributed by atoms with E-state index < -0.39 is 0 Å². The molecule has 0 amide bonds. The lowest BCUT2D eigenvalue weighted by Crippen LogP contribution is -2.01. The Bertz CT molecular complexity index is 477. The quantitative estimate of drug-likeness (QED) is 0.599. The van der Waals surface area contributed by atoms with Crippen molar-refractivity contribution in [3.8, 4) is 0 Å². The molecule has 102 valence electrons. The highest BCUT2D eigenvalue weighted by atomic mass is 14.2. The summed E-state index contributed by atoms with van der Waals surface area (Å²) in [5.41, 5.74) is 6.23. The maximum Gasteiger partial charge on any atom is -0.00918 e. The van der Waals surface area contributed by atoms with Crippen LogP contribution in [0, 0.1) is 5.92 Å². The average molecular weight is 254 g/mol. The van der Waals surface area contributed by atoms with Crippen LogP contribution in [0.4, 0.5) is 0 Å². The molecule has 1 aromatic rings. The first kappa shape index (κ1) is 14.1. The third kappa shape index (κ3) is 3.37. The molecule has 1 unspecified atom stereocenters. The SMILES string of the molecule is CCC1=C(c2ccccc2CC)CC=CC(C)CC1. The number of benzene rings is 1. The van der Waals surface area contributed by atoms with Crippen LogP contribution in [0.25, 0.3) is 5.57 Å². The zero-order chi connectivity index (χ0) is 13.7. The fourth-order valence-corrected chi connectivity index (χ4v) is 3.03. The Labute approximate surface area is 118 Å². The van der Waals surface area contributed by atoms with Crippen LogP contribution in [-0.2, 0) is 6.42 Å². The van der Waals surface area contributed by atoms with Crippen molar-refractivity contribution in [2.75, 3.05) is 0 Å². The Morgan fingerprint density at radius 2 is 1.89 bits per heavy atom. The van der Waals surface area contributed by atoms with Crippen LogP contribution < -0.4 is 0 Å². The molecule has 19 heavy (non-hydrogen) atoms. The highest BCUT2D eigenvalue weighted by Crippen LogP contribution is 2.32. The molecule has 1 atom stereocenters. The topological polar surface area (TPSA) is 0 Å². The highest BCUT2D eigenvalue weighted by molar-refractivity contribution is 5.72. The van der Waals surface area contributed by atoms with Gasteiger partial charge in [0.2, 0.25) is 0 Å². The first-order valence-corrected chi connectivity index (χ1v) is 7.72. The van der Waals surface area contributed by atoms with Gasteiger partial charge in [0, 0.05) is 0 Å². The second kappa shape index (κ2) is 6.75. The second-order valence-electron chi connectivity index (χ2n) is 5.59. The van der Waals surface area contributed by atoms with Crippen LogP contribution in [0.2, 0.25) is 0 Å². The van der Waals surface area contributed by atoms with E-state index in [0.717, 1.165) is 18.8 Å². The molecular weight excluding hydrogens is 228 g/mol. The fraction of sp³-hybridized carbons (Fsp3) is 0.474. The van der Waals surface area contributed by atoms with Crippen molar-refractivity contribution in [3.05, 3.63) is 53.1 Å². The molecule has 0 saturated carbocycles. The number of hydrogen-bond donors (Lipinski definition) is 0. The van der Waals surface area contributed by atoms with Gasteiger partial charge < -0.3 is 0 Å². The van der Waals surface area contributed by atoms with Gasteiger partial charge in [0.25, 0.3) is 0 Å². The van der Waals surface area contributed by atoms with Crippen molar-refractivity contribution in [2.24, 2.45) is 5.92 Å². The Balaban J connectivity index is 2.43. The summed E-state index contributed by atoms with van der Waals surface area (Å²) in [7, 11) is 0. The maximum absolute atomic E-state index is 2.39. The molecule has 0 aliphatic heterocycles. The maximum atomic E-state index is 2.39. The molecule has 1 aromatic carbocycles. The van der Waals surface area contributed by atoms with Crippen molar-refractivity contribution in [2.45, 2.75) is 52.9 Å². The minimum Gasteiger partial charge on any atom is -0.0854 e. The van der Waals surface area contributed by atoms with Crippen LogP contribution in [0.1, 0.15) is 57.6 Å². The monoisotopic (exact) mass is 254 g/mol. The molecule has 0 aromatic heterocycles. The van der Waals surface area contributed by atoms with Gasteiger partial charge in [-0.05, 0) is 54.7 Å². The summed E-state index contributed by atoms with van der Waals surface area (Å²) < 4.78 is 0. The van der Waals surface area contributed by atoms with Gasteiger partial charge in [-0.25, -0.2) is 0 Å². The zero-order valence-corrected chi connectivity index (χ0v) is 12.6. The van der Waals surface area contributed by atoms with E-state index in [4.69, 9.17) is 0 Å². The van der Waals surface area contributed by atoms with Crippen molar-refractivity contribution in [1.29, 1.82) is 0 Å². The molecular formula is C19H26. The van der Waals surface area contributed by atoms with Crippen LogP contribution in [-0.4, -0.2) is 0 Å². The minimum atomic E-state index is 0.726. The van der Waals surface area contributed by atoms with Gasteiger partial charge in [-0.1, -0.05) is 62.8 Å². The summed E-state index contributed by atoms with van der Waals surface area (Å²) in [6.07, 6.45) is 10.7. The Morgan fingerprint density at radius 3 is 2.63 bits per heavy atom. The third-order valence-corrected chi connectivity index (χ3v) is 4.26. The normalized spacial score (nSPS) is 20.3.